The number of rotatable bonds is 1. The van der Waals surface area contributed by atoms with Crippen LogP contribution in [0.2, 0.25) is 5.15 Å². The summed E-state index contributed by atoms with van der Waals surface area (Å²) in [6, 6.07) is 6.06. The topological polar surface area (TPSA) is 49.6 Å². The van der Waals surface area contributed by atoms with E-state index >= 15 is 0 Å². The highest BCUT2D eigenvalue weighted by Crippen LogP contribution is 2.34. The maximum atomic E-state index is 9.25. The lowest BCUT2D eigenvalue weighted by molar-refractivity contribution is 0.682. The summed E-state index contributed by atoms with van der Waals surface area (Å²) in [6.45, 7) is 0. The van der Waals surface area contributed by atoms with Crippen LogP contribution >= 0.6 is 11.6 Å². The zero-order valence-corrected chi connectivity index (χ0v) is 11.1. The van der Waals surface area contributed by atoms with Crippen LogP contribution in [0.15, 0.2) is 24.5 Å². The third-order valence-corrected chi connectivity index (χ3v) is 3.79. The number of pyridine rings is 2. The molecule has 0 spiro atoms. The van der Waals surface area contributed by atoms with Crippen LogP contribution in [-0.4, -0.2) is 9.97 Å². The van der Waals surface area contributed by atoms with Crippen molar-refractivity contribution in [1.29, 1.82) is 5.26 Å². The van der Waals surface area contributed by atoms with Crippen molar-refractivity contribution in [2.24, 2.45) is 0 Å². The molecule has 0 fully saturated rings. The lowest BCUT2D eigenvalue weighted by atomic mass is 9.87. The zero-order chi connectivity index (χ0) is 13.2. The van der Waals surface area contributed by atoms with Gasteiger partial charge in [0.25, 0.3) is 0 Å². The van der Waals surface area contributed by atoms with Crippen LogP contribution in [-0.2, 0) is 12.8 Å². The molecule has 2 aromatic heterocycles. The molecular weight excluding hydrogens is 258 g/mol. The summed E-state index contributed by atoms with van der Waals surface area (Å²) in [7, 11) is 0. The van der Waals surface area contributed by atoms with Crippen molar-refractivity contribution >= 4 is 11.6 Å². The normalized spacial score (nSPS) is 13.7. The number of fused-ring (bicyclic) bond motifs is 1. The summed E-state index contributed by atoms with van der Waals surface area (Å²) in [6.07, 6.45) is 7.63. The van der Waals surface area contributed by atoms with Crippen molar-refractivity contribution < 1.29 is 0 Å². The van der Waals surface area contributed by atoms with Crippen LogP contribution < -0.4 is 0 Å². The van der Waals surface area contributed by atoms with E-state index in [9.17, 15) is 5.26 Å². The predicted octanol–water partition coefficient (Wildman–Crippen LogP) is 3.55. The minimum atomic E-state index is 0.307. The fourth-order valence-electron chi connectivity index (χ4n) is 2.64. The van der Waals surface area contributed by atoms with Crippen molar-refractivity contribution in [3.63, 3.8) is 0 Å². The molecule has 0 bridgehead atoms. The van der Waals surface area contributed by atoms with Gasteiger partial charge in [-0.05, 0) is 48.9 Å². The quantitative estimate of drug-likeness (QED) is 0.744. The van der Waals surface area contributed by atoms with Crippen molar-refractivity contribution in [1.82, 2.24) is 9.97 Å². The molecule has 0 radical (unpaired) electrons. The minimum Gasteiger partial charge on any atom is -0.264 e. The Morgan fingerprint density at radius 2 is 2.00 bits per heavy atom. The van der Waals surface area contributed by atoms with Gasteiger partial charge in [0.2, 0.25) is 0 Å². The fourth-order valence-corrected chi connectivity index (χ4v) is 2.88. The smallest absolute Gasteiger partial charge is 0.147 e. The zero-order valence-electron chi connectivity index (χ0n) is 10.4. The average molecular weight is 270 g/mol. The molecule has 0 saturated heterocycles. The van der Waals surface area contributed by atoms with E-state index in [1.54, 1.807) is 12.4 Å². The van der Waals surface area contributed by atoms with Crippen LogP contribution in [0.4, 0.5) is 0 Å². The molecule has 3 nitrogen and oxygen atoms in total. The maximum absolute atomic E-state index is 9.25. The van der Waals surface area contributed by atoms with Crippen LogP contribution in [0, 0.1) is 11.3 Å². The van der Waals surface area contributed by atoms with E-state index in [1.165, 1.54) is 5.56 Å². The van der Waals surface area contributed by atoms with Gasteiger partial charge in [0.15, 0.2) is 0 Å². The molecule has 2 heterocycles. The first kappa shape index (κ1) is 12.1. The Balaban J connectivity index is 2.27. The average Bonchev–Trinajstić information content (AvgIpc) is 2.47. The van der Waals surface area contributed by atoms with Gasteiger partial charge in [0.05, 0.1) is 11.3 Å². The Morgan fingerprint density at radius 3 is 2.68 bits per heavy atom. The third kappa shape index (κ3) is 2.09. The van der Waals surface area contributed by atoms with Gasteiger partial charge in [-0.3, -0.25) is 4.98 Å². The first-order valence-corrected chi connectivity index (χ1v) is 6.71. The second-order valence-electron chi connectivity index (χ2n) is 4.64. The van der Waals surface area contributed by atoms with E-state index in [0.29, 0.717) is 10.7 Å². The lowest BCUT2D eigenvalue weighted by Crippen LogP contribution is -2.09. The monoisotopic (exact) mass is 269 g/mol. The Morgan fingerprint density at radius 1 is 1.21 bits per heavy atom. The highest BCUT2D eigenvalue weighted by molar-refractivity contribution is 6.30. The Hall–Kier alpha value is -1.92. The molecule has 0 aromatic carbocycles. The predicted molar refractivity (Wildman–Crippen MR) is 73.8 cm³/mol. The largest absolute Gasteiger partial charge is 0.264 e. The van der Waals surface area contributed by atoms with Crippen molar-refractivity contribution in [2.45, 2.75) is 25.7 Å². The maximum Gasteiger partial charge on any atom is 0.147 e. The second-order valence-corrected chi connectivity index (χ2v) is 5.00. The first-order chi connectivity index (χ1) is 9.31. The molecule has 3 rings (SSSR count). The van der Waals surface area contributed by atoms with Gasteiger partial charge in [0, 0.05) is 18.0 Å². The van der Waals surface area contributed by atoms with Gasteiger partial charge in [-0.1, -0.05) is 11.6 Å². The number of aromatic nitrogens is 2. The van der Waals surface area contributed by atoms with Gasteiger partial charge in [-0.15, -0.1) is 0 Å². The molecule has 94 valence electrons. The molecular formula is C15H12ClN3. The Bertz CT molecular complexity index is 659. The molecule has 19 heavy (non-hydrogen) atoms. The van der Waals surface area contributed by atoms with Gasteiger partial charge >= 0.3 is 0 Å². The Labute approximate surface area is 116 Å². The molecule has 1 aliphatic rings. The van der Waals surface area contributed by atoms with E-state index in [0.717, 1.165) is 42.5 Å². The SMILES string of the molecule is N#Cc1c(Cl)nc(-c2cccnc2)c2c1CCCC2. The van der Waals surface area contributed by atoms with Crippen molar-refractivity contribution in [2.75, 3.05) is 0 Å². The molecule has 0 unspecified atom stereocenters. The van der Waals surface area contributed by atoms with Crippen LogP contribution in [0.25, 0.3) is 11.3 Å². The highest BCUT2D eigenvalue weighted by atomic mass is 35.5. The summed E-state index contributed by atoms with van der Waals surface area (Å²) in [4.78, 5) is 8.56. The second kappa shape index (κ2) is 4.99. The number of halogens is 1. The molecule has 0 atom stereocenters. The molecule has 1 aliphatic carbocycles. The summed E-state index contributed by atoms with van der Waals surface area (Å²) in [5, 5.41) is 9.56. The van der Waals surface area contributed by atoms with Crippen LogP contribution in [0.3, 0.4) is 0 Å². The van der Waals surface area contributed by atoms with Crippen LogP contribution in [0.5, 0.6) is 0 Å². The molecule has 0 N–H and O–H groups in total. The molecule has 0 aliphatic heterocycles. The molecule has 0 saturated carbocycles. The minimum absolute atomic E-state index is 0.307. The molecule has 2 aromatic rings. The van der Waals surface area contributed by atoms with Gasteiger partial charge in [-0.2, -0.15) is 5.26 Å². The van der Waals surface area contributed by atoms with E-state index < -0.39 is 0 Å². The highest BCUT2D eigenvalue weighted by Gasteiger charge is 2.21. The lowest BCUT2D eigenvalue weighted by Gasteiger charge is -2.20. The summed E-state index contributed by atoms with van der Waals surface area (Å²) >= 11 is 6.16. The number of nitrogens with zero attached hydrogens (tertiary/aromatic N) is 3. The summed E-state index contributed by atoms with van der Waals surface area (Å²) < 4.78 is 0. The standard InChI is InChI=1S/C15H12ClN3/c16-15-13(8-17)11-5-1-2-6-12(11)14(19-15)10-4-3-7-18-9-10/h3-4,7,9H,1-2,5-6H2. The van der Waals surface area contributed by atoms with Gasteiger partial charge in [-0.25, -0.2) is 4.98 Å². The van der Waals surface area contributed by atoms with E-state index in [-0.39, 0.29) is 0 Å². The number of hydrogen-bond acceptors (Lipinski definition) is 3. The Kier molecular flexibility index (Phi) is 3.18. The van der Waals surface area contributed by atoms with E-state index in [4.69, 9.17) is 11.6 Å². The summed E-state index contributed by atoms with van der Waals surface area (Å²) in [5.41, 5.74) is 4.63. The van der Waals surface area contributed by atoms with Crippen LogP contribution in [0.1, 0.15) is 29.5 Å². The van der Waals surface area contributed by atoms with Gasteiger partial charge in [0.1, 0.15) is 11.2 Å². The molecule has 4 heteroatoms. The van der Waals surface area contributed by atoms with E-state index in [2.05, 4.69) is 16.0 Å². The number of hydrogen-bond donors (Lipinski definition) is 0. The van der Waals surface area contributed by atoms with Crippen molar-refractivity contribution in [3.05, 3.63) is 46.4 Å². The van der Waals surface area contributed by atoms with E-state index in [1.807, 2.05) is 12.1 Å². The fraction of sp³-hybridized carbons (Fsp3) is 0.267. The summed E-state index contributed by atoms with van der Waals surface area (Å²) in [5.74, 6) is 0. The number of nitriles is 1. The molecule has 0 amide bonds. The van der Waals surface area contributed by atoms with Gasteiger partial charge < -0.3 is 0 Å². The first-order valence-electron chi connectivity index (χ1n) is 6.33. The van der Waals surface area contributed by atoms with Crippen molar-refractivity contribution in [3.8, 4) is 17.3 Å². The third-order valence-electron chi connectivity index (χ3n) is 3.52.